The fourth-order valence-electron chi connectivity index (χ4n) is 1.60. The molecule has 0 radical (unpaired) electrons. The number of aromatic nitrogens is 1. The van der Waals surface area contributed by atoms with E-state index in [2.05, 4.69) is 10.3 Å². The van der Waals surface area contributed by atoms with E-state index in [1.54, 1.807) is 59.1 Å². The van der Waals surface area contributed by atoms with Gasteiger partial charge in [-0.15, -0.1) is 0 Å². The van der Waals surface area contributed by atoms with Crippen molar-refractivity contribution in [2.45, 2.75) is 52.2 Å². The minimum atomic E-state index is -0.715. The van der Waals surface area contributed by atoms with Crippen molar-refractivity contribution in [2.24, 2.45) is 0 Å². The van der Waals surface area contributed by atoms with Gasteiger partial charge in [-0.3, -0.25) is 9.78 Å². The highest BCUT2D eigenvalue weighted by Gasteiger charge is 2.26. The van der Waals surface area contributed by atoms with E-state index in [-0.39, 0.29) is 19.0 Å². The van der Waals surface area contributed by atoms with Gasteiger partial charge in [0, 0.05) is 12.4 Å². The van der Waals surface area contributed by atoms with Crippen molar-refractivity contribution >= 4 is 12.1 Å². The molecule has 0 saturated heterocycles. The molecule has 0 spiro atoms. The Kier molecular flexibility index (Phi) is 5.91. The summed E-state index contributed by atoms with van der Waals surface area (Å²) in [7, 11) is 0. The topological polar surface area (TPSA) is 77.5 Å². The van der Waals surface area contributed by atoms with Gasteiger partial charge in [-0.25, -0.2) is 4.79 Å². The summed E-state index contributed by atoms with van der Waals surface area (Å²) in [5.41, 5.74) is -0.505. The highest BCUT2D eigenvalue weighted by atomic mass is 16.6. The molecule has 0 atom stereocenters. The normalized spacial score (nSPS) is 11.7. The van der Waals surface area contributed by atoms with E-state index in [1.165, 1.54) is 0 Å². The first-order chi connectivity index (χ1) is 10.1. The van der Waals surface area contributed by atoms with Gasteiger partial charge >= 0.3 is 12.1 Å². The standard InChI is InChI=1S/C16H24N2O4/c1-15(2,3)22-14(20)18-16(4,5)11-21-13(19)9-12-7-6-8-17-10-12/h6-8,10H,9,11H2,1-5H3,(H,18,20). The van der Waals surface area contributed by atoms with Crippen LogP contribution in [0.3, 0.4) is 0 Å². The van der Waals surface area contributed by atoms with Crippen LogP contribution in [0.15, 0.2) is 24.5 Å². The van der Waals surface area contributed by atoms with E-state index in [4.69, 9.17) is 9.47 Å². The lowest BCUT2D eigenvalue weighted by atomic mass is 10.1. The Balaban J connectivity index is 2.41. The van der Waals surface area contributed by atoms with E-state index in [0.717, 1.165) is 5.56 Å². The molecule has 122 valence electrons. The van der Waals surface area contributed by atoms with Crippen molar-refractivity contribution in [1.29, 1.82) is 0 Å². The summed E-state index contributed by atoms with van der Waals surface area (Å²) in [6, 6.07) is 3.56. The second-order valence-corrected chi connectivity index (χ2v) is 6.71. The number of pyridine rings is 1. The van der Waals surface area contributed by atoms with Crippen molar-refractivity contribution in [3.05, 3.63) is 30.1 Å². The lowest BCUT2D eigenvalue weighted by molar-refractivity contribution is -0.144. The Hall–Kier alpha value is -2.11. The number of nitrogens with zero attached hydrogens (tertiary/aromatic N) is 1. The molecule has 1 amide bonds. The second kappa shape index (κ2) is 7.24. The monoisotopic (exact) mass is 308 g/mol. The minimum absolute atomic E-state index is 0.0609. The fraction of sp³-hybridized carbons (Fsp3) is 0.562. The van der Waals surface area contributed by atoms with Crippen molar-refractivity contribution in [3.8, 4) is 0 Å². The van der Waals surface area contributed by atoms with Crippen LogP contribution in [0.2, 0.25) is 0 Å². The Labute approximate surface area is 131 Å². The van der Waals surface area contributed by atoms with E-state index >= 15 is 0 Å². The summed E-state index contributed by atoms with van der Waals surface area (Å²) in [5, 5.41) is 2.68. The Bertz CT molecular complexity index is 507. The Morgan fingerprint density at radius 1 is 1.23 bits per heavy atom. The predicted molar refractivity (Wildman–Crippen MR) is 82.3 cm³/mol. The summed E-state index contributed by atoms with van der Waals surface area (Å²) in [4.78, 5) is 27.4. The van der Waals surface area contributed by atoms with Gasteiger partial charge in [0.25, 0.3) is 0 Å². The van der Waals surface area contributed by atoms with Gasteiger partial charge in [0.2, 0.25) is 0 Å². The second-order valence-electron chi connectivity index (χ2n) is 6.71. The van der Waals surface area contributed by atoms with Crippen LogP contribution < -0.4 is 5.32 Å². The molecule has 0 aliphatic rings. The van der Waals surface area contributed by atoms with Crippen LogP contribution in [0, 0.1) is 0 Å². The Morgan fingerprint density at radius 2 is 1.91 bits per heavy atom. The van der Waals surface area contributed by atoms with E-state index in [0.29, 0.717) is 0 Å². The number of amides is 1. The molecule has 0 unspecified atom stereocenters. The number of alkyl carbamates (subject to hydrolysis) is 1. The lowest BCUT2D eigenvalue weighted by Gasteiger charge is -2.28. The number of carbonyl (C=O) groups is 2. The molecule has 0 aliphatic carbocycles. The summed E-state index contributed by atoms with van der Waals surface area (Å²) in [5.74, 6) is -0.368. The van der Waals surface area contributed by atoms with Crippen molar-refractivity contribution in [3.63, 3.8) is 0 Å². The number of esters is 1. The molecule has 6 heteroatoms. The first kappa shape index (κ1) is 17.9. The predicted octanol–water partition coefficient (Wildman–Crippen LogP) is 2.47. The molecule has 1 aromatic rings. The molecule has 0 aliphatic heterocycles. The van der Waals surface area contributed by atoms with Gasteiger partial charge in [0.05, 0.1) is 12.0 Å². The molecule has 0 fully saturated rings. The highest BCUT2D eigenvalue weighted by Crippen LogP contribution is 2.10. The van der Waals surface area contributed by atoms with Crippen LogP contribution in [0.1, 0.15) is 40.2 Å². The first-order valence-corrected chi connectivity index (χ1v) is 7.13. The summed E-state index contributed by atoms with van der Waals surface area (Å²) >= 11 is 0. The van der Waals surface area contributed by atoms with Gasteiger partial charge in [0.1, 0.15) is 12.2 Å². The van der Waals surface area contributed by atoms with E-state index in [1.807, 2.05) is 0 Å². The molecule has 1 aromatic heterocycles. The average Bonchev–Trinajstić information content (AvgIpc) is 2.34. The van der Waals surface area contributed by atoms with Gasteiger partial charge in [-0.2, -0.15) is 0 Å². The first-order valence-electron chi connectivity index (χ1n) is 7.13. The molecular weight excluding hydrogens is 284 g/mol. The molecule has 22 heavy (non-hydrogen) atoms. The zero-order valence-electron chi connectivity index (χ0n) is 13.8. The van der Waals surface area contributed by atoms with Gasteiger partial charge in [-0.05, 0) is 46.2 Å². The number of ether oxygens (including phenoxy) is 2. The van der Waals surface area contributed by atoms with Crippen LogP contribution in [0.5, 0.6) is 0 Å². The largest absolute Gasteiger partial charge is 0.463 e. The summed E-state index contributed by atoms with van der Waals surface area (Å²) in [6.45, 7) is 8.93. The SMILES string of the molecule is CC(C)(COC(=O)Cc1cccnc1)NC(=O)OC(C)(C)C. The lowest BCUT2D eigenvalue weighted by Crippen LogP contribution is -2.49. The molecule has 6 nitrogen and oxygen atoms in total. The summed E-state index contributed by atoms with van der Waals surface area (Å²) < 4.78 is 10.4. The zero-order valence-corrected chi connectivity index (χ0v) is 13.8. The maximum Gasteiger partial charge on any atom is 0.408 e. The smallest absolute Gasteiger partial charge is 0.408 e. The van der Waals surface area contributed by atoms with Crippen LogP contribution in [-0.2, 0) is 20.7 Å². The number of hydrogen-bond acceptors (Lipinski definition) is 5. The van der Waals surface area contributed by atoms with Gasteiger partial charge in [0.15, 0.2) is 0 Å². The van der Waals surface area contributed by atoms with Gasteiger partial charge in [-0.1, -0.05) is 6.07 Å². The maximum atomic E-state index is 11.8. The highest BCUT2D eigenvalue weighted by molar-refractivity contribution is 5.72. The van der Waals surface area contributed by atoms with Crippen LogP contribution in [0.4, 0.5) is 4.79 Å². The van der Waals surface area contributed by atoms with Crippen LogP contribution in [0.25, 0.3) is 0 Å². The number of rotatable bonds is 5. The number of nitrogens with one attached hydrogen (secondary N) is 1. The number of carbonyl (C=O) groups excluding carboxylic acids is 2. The van der Waals surface area contributed by atoms with Gasteiger partial charge < -0.3 is 14.8 Å². The molecule has 0 bridgehead atoms. The van der Waals surface area contributed by atoms with E-state index < -0.39 is 17.2 Å². The zero-order chi connectivity index (χ0) is 16.8. The molecule has 1 N–H and O–H groups in total. The molecule has 1 heterocycles. The molecule has 1 rings (SSSR count). The van der Waals surface area contributed by atoms with Crippen molar-refractivity contribution < 1.29 is 19.1 Å². The van der Waals surface area contributed by atoms with Crippen LogP contribution >= 0.6 is 0 Å². The average molecular weight is 308 g/mol. The van der Waals surface area contributed by atoms with Crippen molar-refractivity contribution in [1.82, 2.24) is 10.3 Å². The minimum Gasteiger partial charge on any atom is -0.463 e. The third-order valence-corrected chi connectivity index (χ3v) is 2.50. The molecular formula is C16H24N2O4. The van der Waals surface area contributed by atoms with Crippen molar-refractivity contribution in [2.75, 3.05) is 6.61 Å². The van der Waals surface area contributed by atoms with E-state index in [9.17, 15) is 9.59 Å². The molecule has 0 saturated carbocycles. The maximum absolute atomic E-state index is 11.8. The Morgan fingerprint density at radius 3 is 2.45 bits per heavy atom. The number of hydrogen-bond donors (Lipinski definition) is 1. The quantitative estimate of drug-likeness (QED) is 0.846. The summed E-state index contributed by atoms with van der Waals surface area (Å²) in [6.07, 6.45) is 2.87. The van der Waals surface area contributed by atoms with Crippen LogP contribution in [-0.4, -0.2) is 34.8 Å². The third kappa shape index (κ3) is 7.61. The third-order valence-electron chi connectivity index (χ3n) is 2.50. The molecule has 0 aromatic carbocycles. The fourth-order valence-corrected chi connectivity index (χ4v) is 1.60.